The average Bonchev–Trinajstić information content (AvgIpc) is 3.05. The van der Waals surface area contributed by atoms with Crippen molar-refractivity contribution in [2.45, 2.75) is 12.6 Å². The molecule has 0 aliphatic carbocycles. The largest absolute Gasteiger partial charge is 0.445 e. The maximum atomic E-state index is 12.9. The lowest BCUT2D eigenvalue weighted by atomic mass is 10.1. The number of benzene rings is 3. The van der Waals surface area contributed by atoms with Crippen LogP contribution in [0, 0.1) is 0 Å². The zero-order chi connectivity index (χ0) is 20.9. The van der Waals surface area contributed by atoms with Gasteiger partial charge in [0.25, 0.3) is 11.8 Å². The van der Waals surface area contributed by atoms with Gasteiger partial charge in [-0.25, -0.2) is 4.79 Å². The lowest BCUT2D eigenvalue weighted by Gasteiger charge is -2.26. The molecule has 0 radical (unpaired) electrons. The number of hydrogen-bond donors (Lipinski definition) is 1. The van der Waals surface area contributed by atoms with Crippen molar-refractivity contribution in [1.29, 1.82) is 0 Å². The Labute approximate surface area is 174 Å². The Morgan fingerprint density at radius 1 is 0.800 bits per heavy atom. The maximum Gasteiger partial charge on any atom is 0.407 e. The number of ether oxygens (including phenoxy) is 1. The first-order valence-corrected chi connectivity index (χ1v) is 9.61. The summed E-state index contributed by atoms with van der Waals surface area (Å²) in [7, 11) is 0. The molecule has 1 aliphatic heterocycles. The van der Waals surface area contributed by atoms with Crippen molar-refractivity contribution in [3.05, 3.63) is 107 Å². The van der Waals surface area contributed by atoms with Gasteiger partial charge in [-0.2, -0.15) is 0 Å². The van der Waals surface area contributed by atoms with Crippen LogP contribution in [0.15, 0.2) is 84.9 Å². The maximum absolute atomic E-state index is 12.9. The second kappa shape index (κ2) is 8.61. The number of nitrogens with one attached hydrogen (secondary N) is 1. The minimum Gasteiger partial charge on any atom is -0.445 e. The van der Waals surface area contributed by atoms with Gasteiger partial charge >= 0.3 is 6.09 Å². The third kappa shape index (κ3) is 3.93. The van der Waals surface area contributed by atoms with Crippen molar-refractivity contribution in [2.75, 3.05) is 6.54 Å². The minimum atomic E-state index is -0.650. The van der Waals surface area contributed by atoms with Crippen LogP contribution in [-0.4, -0.2) is 29.4 Å². The lowest BCUT2D eigenvalue weighted by molar-refractivity contribution is 0.0575. The number of carbonyl (C=O) groups is 3. The predicted octanol–water partition coefficient (Wildman–Crippen LogP) is 3.95. The van der Waals surface area contributed by atoms with Crippen LogP contribution in [0.4, 0.5) is 4.79 Å². The van der Waals surface area contributed by atoms with Crippen LogP contribution in [0.5, 0.6) is 0 Å². The van der Waals surface area contributed by atoms with E-state index in [1.54, 1.807) is 24.3 Å². The van der Waals surface area contributed by atoms with Gasteiger partial charge in [-0.3, -0.25) is 14.5 Å². The van der Waals surface area contributed by atoms with E-state index in [1.165, 1.54) is 4.90 Å². The fraction of sp³-hybridized carbons (Fsp3) is 0.125. The summed E-state index contributed by atoms with van der Waals surface area (Å²) >= 11 is 0. The average molecular weight is 400 g/mol. The molecule has 1 atom stereocenters. The van der Waals surface area contributed by atoms with Gasteiger partial charge in [0.05, 0.1) is 17.2 Å². The summed E-state index contributed by atoms with van der Waals surface area (Å²) in [6, 6.07) is 24.6. The molecule has 1 aliphatic rings. The quantitative estimate of drug-likeness (QED) is 0.636. The summed E-state index contributed by atoms with van der Waals surface area (Å²) in [6.45, 7) is 0.179. The van der Waals surface area contributed by atoms with Crippen molar-refractivity contribution in [3.63, 3.8) is 0 Å². The zero-order valence-electron chi connectivity index (χ0n) is 16.2. The van der Waals surface area contributed by atoms with E-state index in [0.717, 1.165) is 11.1 Å². The standard InChI is InChI=1S/C24H20N2O4/c27-22-19-13-7-8-14-20(19)23(28)26(22)21(18-11-5-2-6-12-18)15-25-24(29)30-16-17-9-3-1-4-10-17/h1-14,21H,15-16H2,(H,25,29). The van der Waals surface area contributed by atoms with Gasteiger partial charge in [0.15, 0.2) is 0 Å². The molecule has 4 rings (SSSR count). The molecule has 0 spiro atoms. The summed E-state index contributed by atoms with van der Waals surface area (Å²) in [5.74, 6) is -0.743. The summed E-state index contributed by atoms with van der Waals surface area (Å²) in [5.41, 5.74) is 2.35. The number of carbonyl (C=O) groups excluding carboxylic acids is 3. The molecule has 3 aromatic rings. The zero-order valence-corrected chi connectivity index (χ0v) is 16.2. The third-order valence-electron chi connectivity index (χ3n) is 4.97. The Hall–Kier alpha value is -3.93. The van der Waals surface area contributed by atoms with E-state index >= 15 is 0 Å². The smallest absolute Gasteiger partial charge is 0.407 e. The Morgan fingerprint density at radius 2 is 1.33 bits per heavy atom. The molecule has 0 bridgehead atoms. The summed E-state index contributed by atoms with van der Waals surface area (Å²) in [6.07, 6.45) is -0.614. The first-order valence-electron chi connectivity index (χ1n) is 9.61. The SMILES string of the molecule is O=C(NCC(c1ccccc1)N1C(=O)c2ccccc2C1=O)OCc1ccccc1. The normalized spacial score (nSPS) is 13.7. The molecule has 1 heterocycles. The van der Waals surface area contributed by atoms with Crippen molar-refractivity contribution < 1.29 is 19.1 Å². The van der Waals surface area contributed by atoms with Crippen molar-refractivity contribution in [3.8, 4) is 0 Å². The molecule has 0 saturated carbocycles. The molecule has 6 nitrogen and oxygen atoms in total. The monoisotopic (exact) mass is 400 g/mol. The molecule has 0 saturated heterocycles. The van der Waals surface area contributed by atoms with Crippen molar-refractivity contribution in [1.82, 2.24) is 10.2 Å². The van der Waals surface area contributed by atoms with Gasteiger partial charge in [-0.05, 0) is 23.3 Å². The fourth-order valence-electron chi connectivity index (χ4n) is 3.48. The van der Waals surface area contributed by atoms with Crippen LogP contribution in [0.25, 0.3) is 0 Å². The number of rotatable bonds is 6. The van der Waals surface area contributed by atoms with E-state index < -0.39 is 12.1 Å². The minimum absolute atomic E-state index is 0.0447. The number of alkyl carbamates (subject to hydrolysis) is 1. The molecule has 0 fully saturated rings. The van der Waals surface area contributed by atoms with Crippen molar-refractivity contribution >= 4 is 17.9 Å². The molecular formula is C24H20N2O4. The topological polar surface area (TPSA) is 75.7 Å². The van der Waals surface area contributed by atoms with E-state index in [1.807, 2.05) is 60.7 Å². The fourth-order valence-corrected chi connectivity index (χ4v) is 3.48. The van der Waals surface area contributed by atoms with Gasteiger partial charge in [0, 0.05) is 6.54 Å². The second-order valence-corrected chi connectivity index (χ2v) is 6.90. The highest BCUT2D eigenvalue weighted by Gasteiger charge is 2.40. The summed E-state index contributed by atoms with van der Waals surface area (Å²) < 4.78 is 5.25. The van der Waals surface area contributed by atoms with E-state index in [0.29, 0.717) is 11.1 Å². The predicted molar refractivity (Wildman–Crippen MR) is 111 cm³/mol. The van der Waals surface area contributed by atoms with E-state index in [9.17, 15) is 14.4 Å². The molecule has 1 unspecified atom stereocenters. The highest BCUT2D eigenvalue weighted by Crippen LogP contribution is 2.31. The van der Waals surface area contributed by atoms with Gasteiger partial charge in [0.2, 0.25) is 0 Å². The molecule has 1 N–H and O–H groups in total. The Kier molecular flexibility index (Phi) is 5.57. The first-order chi connectivity index (χ1) is 14.6. The summed E-state index contributed by atoms with van der Waals surface area (Å²) in [4.78, 5) is 39.3. The molecule has 150 valence electrons. The molecule has 6 heteroatoms. The van der Waals surface area contributed by atoms with Crippen LogP contribution >= 0.6 is 0 Å². The van der Waals surface area contributed by atoms with Gasteiger partial charge < -0.3 is 10.1 Å². The molecule has 3 aromatic carbocycles. The van der Waals surface area contributed by atoms with Crippen molar-refractivity contribution in [2.24, 2.45) is 0 Å². The number of imide groups is 1. The van der Waals surface area contributed by atoms with E-state index in [2.05, 4.69) is 5.32 Å². The molecule has 30 heavy (non-hydrogen) atoms. The highest BCUT2D eigenvalue weighted by atomic mass is 16.5. The van der Waals surface area contributed by atoms with Crippen LogP contribution < -0.4 is 5.32 Å². The van der Waals surface area contributed by atoms with Gasteiger partial charge in [-0.15, -0.1) is 0 Å². The number of amides is 3. The number of hydrogen-bond acceptors (Lipinski definition) is 4. The Morgan fingerprint density at radius 3 is 1.93 bits per heavy atom. The highest BCUT2D eigenvalue weighted by molar-refractivity contribution is 6.21. The Balaban J connectivity index is 1.50. The molecular weight excluding hydrogens is 380 g/mol. The van der Waals surface area contributed by atoms with E-state index in [4.69, 9.17) is 4.74 Å². The van der Waals surface area contributed by atoms with Crippen LogP contribution in [0.1, 0.15) is 37.9 Å². The van der Waals surface area contributed by atoms with Gasteiger partial charge in [-0.1, -0.05) is 72.8 Å². The van der Waals surface area contributed by atoms with Gasteiger partial charge in [0.1, 0.15) is 6.61 Å². The van der Waals surface area contributed by atoms with Crippen LogP contribution in [0.3, 0.4) is 0 Å². The van der Waals surface area contributed by atoms with Crippen LogP contribution in [-0.2, 0) is 11.3 Å². The second-order valence-electron chi connectivity index (χ2n) is 6.90. The van der Waals surface area contributed by atoms with Crippen LogP contribution in [0.2, 0.25) is 0 Å². The number of fused-ring (bicyclic) bond motifs is 1. The first kappa shape index (κ1) is 19.4. The van der Waals surface area contributed by atoms with E-state index in [-0.39, 0.29) is 25.0 Å². The summed E-state index contributed by atoms with van der Waals surface area (Å²) in [5, 5.41) is 2.69. The Bertz CT molecular complexity index is 1030. The molecule has 0 aromatic heterocycles. The number of nitrogens with zero attached hydrogens (tertiary/aromatic N) is 1. The lowest BCUT2D eigenvalue weighted by Crippen LogP contribution is -2.41. The molecule has 3 amide bonds. The third-order valence-corrected chi connectivity index (χ3v) is 4.97.